The molecule has 2 nitrogen and oxygen atoms in total. The summed E-state index contributed by atoms with van der Waals surface area (Å²) in [4.78, 5) is 5.05. The minimum Gasteiger partial charge on any atom is -0.391 e. The molecule has 1 heterocycles. The van der Waals surface area contributed by atoms with Gasteiger partial charge in [0.15, 0.2) is 4.47 Å². The van der Waals surface area contributed by atoms with Crippen LogP contribution in [0, 0.1) is 6.92 Å². The molecule has 0 spiro atoms. The minimum absolute atomic E-state index is 0.0360. The van der Waals surface area contributed by atoms with Crippen LogP contribution < -0.4 is 0 Å². The zero-order valence-corrected chi connectivity index (χ0v) is 11.7. The Morgan fingerprint density at radius 1 is 1.50 bits per heavy atom. The van der Waals surface area contributed by atoms with Gasteiger partial charge in [-0.25, -0.2) is 4.98 Å². The molecule has 1 N–H and O–H groups in total. The van der Waals surface area contributed by atoms with Crippen LogP contribution >= 0.6 is 38.9 Å². The van der Waals surface area contributed by atoms with Gasteiger partial charge in [-0.15, -0.1) is 11.3 Å². The molecule has 0 radical (unpaired) electrons. The number of aliphatic hydroxyl groups is 1. The molecule has 0 saturated heterocycles. The average Bonchev–Trinajstić information content (AvgIpc) is 2.63. The summed E-state index contributed by atoms with van der Waals surface area (Å²) in [6.45, 7) is 1.97. The number of rotatable bonds is 2. The molecular weight excluding hydrogens is 310 g/mol. The third-order valence-electron chi connectivity index (χ3n) is 2.27. The monoisotopic (exact) mass is 317 g/mol. The summed E-state index contributed by atoms with van der Waals surface area (Å²) in [7, 11) is 0. The van der Waals surface area contributed by atoms with Gasteiger partial charge < -0.3 is 5.11 Å². The van der Waals surface area contributed by atoms with E-state index in [1.54, 1.807) is 0 Å². The van der Waals surface area contributed by atoms with E-state index in [4.69, 9.17) is 11.6 Å². The lowest BCUT2D eigenvalue weighted by Crippen LogP contribution is -1.88. The van der Waals surface area contributed by atoms with E-state index in [-0.39, 0.29) is 6.61 Å². The summed E-state index contributed by atoms with van der Waals surface area (Å²) in [6.07, 6.45) is 0. The molecule has 16 heavy (non-hydrogen) atoms. The molecule has 0 fully saturated rings. The Labute approximate surface area is 111 Å². The highest BCUT2D eigenvalue weighted by molar-refractivity contribution is 9.10. The Bertz CT molecular complexity index is 527. The fourth-order valence-corrected chi connectivity index (χ4v) is 2.87. The van der Waals surface area contributed by atoms with Crippen molar-refractivity contribution < 1.29 is 5.11 Å². The van der Waals surface area contributed by atoms with Gasteiger partial charge >= 0.3 is 0 Å². The van der Waals surface area contributed by atoms with Crippen molar-refractivity contribution in [3.8, 4) is 11.3 Å². The molecule has 2 aromatic rings. The molecule has 1 aromatic carbocycles. The lowest BCUT2D eigenvalue weighted by molar-refractivity contribution is 0.286. The van der Waals surface area contributed by atoms with Crippen LogP contribution in [0.5, 0.6) is 0 Å². The summed E-state index contributed by atoms with van der Waals surface area (Å²) in [5.74, 6) is 0. The SMILES string of the molecule is Cc1ccc(Br)cc1-c1nc(Cl)sc1CO. The van der Waals surface area contributed by atoms with Crippen molar-refractivity contribution in [2.45, 2.75) is 13.5 Å². The van der Waals surface area contributed by atoms with E-state index in [0.29, 0.717) is 4.47 Å². The van der Waals surface area contributed by atoms with E-state index in [1.165, 1.54) is 11.3 Å². The topological polar surface area (TPSA) is 33.1 Å². The number of thiazole rings is 1. The highest BCUT2D eigenvalue weighted by atomic mass is 79.9. The van der Waals surface area contributed by atoms with Crippen LogP contribution in [0.25, 0.3) is 11.3 Å². The Kier molecular flexibility index (Phi) is 3.64. The second-order valence-electron chi connectivity index (χ2n) is 3.36. The second-order valence-corrected chi connectivity index (χ2v) is 5.94. The standard InChI is InChI=1S/C11H9BrClNOS/c1-6-2-3-7(12)4-8(6)10-9(5-15)16-11(13)14-10/h2-4,15H,5H2,1H3. The van der Waals surface area contributed by atoms with Crippen LogP contribution in [0.1, 0.15) is 10.4 Å². The summed E-state index contributed by atoms with van der Waals surface area (Å²) in [5.41, 5.74) is 2.89. The van der Waals surface area contributed by atoms with Gasteiger partial charge in [0.1, 0.15) is 0 Å². The molecule has 2 rings (SSSR count). The molecule has 5 heteroatoms. The summed E-state index contributed by atoms with van der Waals surface area (Å²) in [5, 5.41) is 9.25. The number of hydrogen-bond acceptors (Lipinski definition) is 3. The van der Waals surface area contributed by atoms with E-state index < -0.39 is 0 Å². The fraction of sp³-hybridized carbons (Fsp3) is 0.182. The molecule has 84 valence electrons. The Balaban J connectivity index is 2.61. The van der Waals surface area contributed by atoms with Crippen LogP contribution in [-0.4, -0.2) is 10.1 Å². The smallest absolute Gasteiger partial charge is 0.184 e. The Morgan fingerprint density at radius 2 is 2.25 bits per heavy atom. The van der Waals surface area contributed by atoms with E-state index in [0.717, 1.165) is 26.2 Å². The van der Waals surface area contributed by atoms with E-state index in [1.807, 2.05) is 25.1 Å². The normalized spacial score (nSPS) is 10.8. The van der Waals surface area contributed by atoms with Crippen molar-refractivity contribution in [3.05, 3.63) is 37.6 Å². The zero-order valence-electron chi connectivity index (χ0n) is 8.50. The maximum atomic E-state index is 9.25. The number of aromatic nitrogens is 1. The molecule has 1 aromatic heterocycles. The molecular formula is C11H9BrClNOS. The van der Waals surface area contributed by atoms with Gasteiger partial charge in [-0.1, -0.05) is 33.6 Å². The van der Waals surface area contributed by atoms with Crippen LogP contribution in [-0.2, 0) is 6.61 Å². The Morgan fingerprint density at radius 3 is 2.94 bits per heavy atom. The molecule has 0 saturated carbocycles. The van der Waals surface area contributed by atoms with Gasteiger partial charge in [0.25, 0.3) is 0 Å². The first-order valence-corrected chi connectivity index (χ1v) is 6.63. The molecule has 0 bridgehead atoms. The largest absolute Gasteiger partial charge is 0.391 e. The summed E-state index contributed by atoms with van der Waals surface area (Å²) in [6, 6.07) is 5.97. The lowest BCUT2D eigenvalue weighted by Gasteiger charge is -2.05. The highest BCUT2D eigenvalue weighted by Gasteiger charge is 2.13. The maximum absolute atomic E-state index is 9.25. The minimum atomic E-state index is -0.0360. The predicted molar refractivity (Wildman–Crippen MR) is 70.9 cm³/mol. The van der Waals surface area contributed by atoms with E-state index >= 15 is 0 Å². The van der Waals surface area contributed by atoms with Crippen molar-refractivity contribution in [2.75, 3.05) is 0 Å². The Hall–Kier alpha value is -0.420. The number of hydrogen-bond donors (Lipinski definition) is 1. The number of halogens is 2. The maximum Gasteiger partial charge on any atom is 0.184 e. The van der Waals surface area contributed by atoms with Crippen molar-refractivity contribution in [1.82, 2.24) is 4.98 Å². The van der Waals surface area contributed by atoms with Gasteiger partial charge in [-0.05, 0) is 24.6 Å². The van der Waals surface area contributed by atoms with Crippen molar-refractivity contribution in [1.29, 1.82) is 0 Å². The lowest BCUT2D eigenvalue weighted by atomic mass is 10.1. The summed E-state index contributed by atoms with van der Waals surface area (Å²) < 4.78 is 1.44. The number of nitrogens with zero attached hydrogens (tertiary/aromatic N) is 1. The first-order valence-electron chi connectivity index (χ1n) is 4.64. The predicted octanol–water partition coefficient (Wildman–Crippen LogP) is 4.03. The van der Waals surface area contributed by atoms with Crippen molar-refractivity contribution in [3.63, 3.8) is 0 Å². The molecule has 0 aliphatic rings. The van der Waals surface area contributed by atoms with Crippen LogP contribution in [0.4, 0.5) is 0 Å². The fourth-order valence-electron chi connectivity index (χ4n) is 1.49. The van der Waals surface area contributed by atoms with Crippen molar-refractivity contribution in [2.24, 2.45) is 0 Å². The highest BCUT2D eigenvalue weighted by Crippen LogP contribution is 2.33. The molecule has 0 aliphatic heterocycles. The number of benzene rings is 1. The van der Waals surface area contributed by atoms with Crippen LogP contribution in [0.15, 0.2) is 22.7 Å². The van der Waals surface area contributed by atoms with E-state index in [2.05, 4.69) is 20.9 Å². The van der Waals surface area contributed by atoms with Gasteiger partial charge in [-0.3, -0.25) is 0 Å². The third-order valence-corrected chi connectivity index (χ3v) is 3.91. The molecule has 0 unspecified atom stereocenters. The first kappa shape index (κ1) is 12.0. The number of aryl methyl sites for hydroxylation is 1. The third kappa shape index (κ3) is 2.30. The van der Waals surface area contributed by atoms with Gasteiger partial charge in [0, 0.05) is 10.0 Å². The van der Waals surface area contributed by atoms with Crippen molar-refractivity contribution >= 4 is 38.9 Å². The van der Waals surface area contributed by atoms with Crippen LogP contribution in [0.2, 0.25) is 4.47 Å². The summed E-state index contributed by atoms with van der Waals surface area (Å²) >= 11 is 10.6. The molecule has 0 aliphatic carbocycles. The first-order chi connectivity index (χ1) is 7.61. The zero-order chi connectivity index (χ0) is 11.7. The van der Waals surface area contributed by atoms with E-state index in [9.17, 15) is 5.11 Å². The molecule has 0 amide bonds. The quantitative estimate of drug-likeness (QED) is 0.907. The van der Waals surface area contributed by atoms with Gasteiger partial charge in [-0.2, -0.15) is 0 Å². The number of aliphatic hydroxyl groups excluding tert-OH is 1. The average molecular weight is 319 g/mol. The second kappa shape index (κ2) is 4.84. The van der Waals surface area contributed by atoms with Crippen LogP contribution in [0.3, 0.4) is 0 Å². The van der Waals surface area contributed by atoms with Gasteiger partial charge in [0.05, 0.1) is 17.2 Å². The molecule has 0 atom stereocenters. The van der Waals surface area contributed by atoms with Gasteiger partial charge in [0.2, 0.25) is 0 Å².